The van der Waals surface area contributed by atoms with Gasteiger partial charge in [-0.05, 0) is 101 Å². The van der Waals surface area contributed by atoms with Gasteiger partial charge in [-0.1, -0.05) is 6.07 Å². The van der Waals surface area contributed by atoms with Crippen LogP contribution in [0.4, 0.5) is 0 Å². The summed E-state index contributed by atoms with van der Waals surface area (Å²) in [5, 5.41) is 10.3. The lowest BCUT2D eigenvalue weighted by Crippen LogP contribution is -2.47. The molecular weight excluding hydrogens is 350 g/mol. The molecule has 0 unspecified atom stereocenters. The topological polar surface area (TPSA) is 41.9 Å². The molecule has 1 heterocycles. The Morgan fingerprint density at radius 3 is 2.68 bits per heavy atom. The van der Waals surface area contributed by atoms with Gasteiger partial charge in [0.05, 0.1) is 18.8 Å². The molecule has 1 N–H and O–H groups in total. The van der Waals surface area contributed by atoms with E-state index in [4.69, 9.17) is 9.47 Å². The first-order valence-electron chi connectivity index (χ1n) is 11.5. The van der Waals surface area contributed by atoms with Crippen molar-refractivity contribution < 1.29 is 14.6 Å². The fourth-order valence-electron chi connectivity index (χ4n) is 5.81. The van der Waals surface area contributed by atoms with Crippen molar-refractivity contribution in [3.05, 3.63) is 23.8 Å². The molecule has 1 aromatic rings. The van der Waals surface area contributed by atoms with E-state index >= 15 is 0 Å². The Kier molecular flexibility index (Phi) is 5.04. The first kappa shape index (κ1) is 18.7. The Hall–Kier alpha value is -1.26. The van der Waals surface area contributed by atoms with Gasteiger partial charge in [-0.2, -0.15) is 0 Å². The second-order valence-electron chi connectivity index (χ2n) is 9.77. The van der Waals surface area contributed by atoms with Crippen LogP contribution in [0.3, 0.4) is 0 Å². The maximum absolute atomic E-state index is 10.3. The zero-order chi connectivity index (χ0) is 19.1. The van der Waals surface area contributed by atoms with E-state index in [1.807, 2.05) is 0 Å². The fourth-order valence-corrected chi connectivity index (χ4v) is 5.81. The minimum absolute atomic E-state index is 0.150. The highest BCUT2D eigenvalue weighted by atomic mass is 16.5. The van der Waals surface area contributed by atoms with Crippen LogP contribution < -0.4 is 9.47 Å². The van der Waals surface area contributed by atoms with Gasteiger partial charge in [-0.25, -0.2) is 0 Å². The van der Waals surface area contributed by atoms with E-state index in [1.54, 1.807) is 0 Å². The van der Waals surface area contributed by atoms with Crippen molar-refractivity contribution in [3.63, 3.8) is 0 Å². The van der Waals surface area contributed by atoms with Crippen LogP contribution >= 0.6 is 0 Å². The van der Waals surface area contributed by atoms with Gasteiger partial charge in [-0.3, -0.25) is 0 Å². The second kappa shape index (κ2) is 7.53. The van der Waals surface area contributed by atoms with Crippen LogP contribution in [0.2, 0.25) is 0 Å². The molecule has 4 heteroatoms. The molecule has 0 spiro atoms. The van der Waals surface area contributed by atoms with Crippen molar-refractivity contribution in [2.45, 2.75) is 87.9 Å². The van der Waals surface area contributed by atoms with E-state index in [1.165, 1.54) is 37.7 Å². The molecule has 0 amide bonds. The molecule has 28 heavy (non-hydrogen) atoms. The number of likely N-dealkylation sites (N-methyl/N-ethyl adjacent to an activating group) is 1. The third kappa shape index (κ3) is 3.54. The Balaban J connectivity index is 1.45. The second-order valence-corrected chi connectivity index (χ2v) is 9.77. The molecule has 154 valence electrons. The van der Waals surface area contributed by atoms with Crippen molar-refractivity contribution in [3.8, 4) is 11.5 Å². The summed E-state index contributed by atoms with van der Waals surface area (Å²) in [6, 6.07) is 7.17. The Morgan fingerprint density at radius 1 is 1.07 bits per heavy atom. The normalized spacial score (nSPS) is 33.8. The molecule has 3 aliphatic carbocycles. The van der Waals surface area contributed by atoms with Crippen LogP contribution in [0, 0.1) is 5.92 Å². The predicted molar refractivity (Wildman–Crippen MR) is 110 cm³/mol. The van der Waals surface area contributed by atoms with E-state index in [0.717, 1.165) is 62.7 Å². The predicted octanol–water partition coefficient (Wildman–Crippen LogP) is 4.28. The minimum atomic E-state index is -0.158. The van der Waals surface area contributed by atoms with E-state index in [9.17, 15) is 5.11 Å². The number of nitrogens with zero attached hydrogens (tertiary/aromatic N) is 1. The van der Waals surface area contributed by atoms with Gasteiger partial charge in [-0.15, -0.1) is 0 Å². The average molecular weight is 386 g/mol. The lowest BCUT2D eigenvalue weighted by Gasteiger charge is -2.43. The van der Waals surface area contributed by atoms with Crippen LogP contribution in [-0.2, 0) is 5.41 Å². The molecule has 1 aromatic carbocycles. The van der Waals surface area contributed by atoms with Crippen LogP contribution in [-0.4, -0.2) is 48.5 Å². The van der Waals surface area contributed by atoms with E-state index in [0.29, 0.717) is 12.1 Å². The number of hydrogen-bond donors (Lipinski definition) is 1. The SMILES string of the molecule is CN1CC[C@]2(c3ccc(OCC4CC4)c(OC4CCCC4)c3)CC[C@H](O)C[C@H]12. The Bertz CT molecular complexity index is 697. The maximum Gasteiger partial charge on any atom is 0.161 e. The first-order chi connectivity index (χ1) is 13.6. The van der Waals surface area contributed by atoms with Gasteiger partial charge in [0, 0.05) is 11.5 Å². The summed E-state index contributed by atoms with van der Waals surface area (Å²) in [6.07, 6.45) is 11.7. The van der Waals surface area contributed by atoms with Gasteiger partial charge in [0.2, 0.25) is 0 Å². The molecule has 4 fully saturated rings. The molecule has 1 aliphatic heterocycles. The van der Waals surface area contributed by atoms with Gasteiger partial charge >= 0.3 is 0 Å². The zero-order valence-electron chi connectivity index (χ0n) is 17.2. The lowest BCUT2D eigenvalue weighted by atomic mass is 9.65. The summed E-state index contributed by atoms with van der Waals surface area (Å²) in [5.41, 5.74) is 1.54. The molecule has 3 saturated carbocycles. The summed E-state index contributed by atoms with van der Waals surface area (Å²) >= 11 is 0. The Labute approximate surface area is 169 Å². The maximum atomic E-state index is 10.3. The molecule has 1 saturated heterocycles. The quantitative estimate of drug-likeness (QED) is 0.793. The van der Waals surface area contributed by atoms with E-state index in [-0.39, 0.29) is 11.5 Å². The number of benzene rings is 1. The molecule has 4 aliphatic rings. The number of fused-ring (bicyclic) bond motifs is 1. The smallest absolute Gasteiger partial charge is 0.161 e. The zero-order valence-corrected chi connectivity index (χ0v) is 17.2. The van der Waals surface area contributed by atoms with Crippen LogP contribution in [0.1, 0.15) is 69.8 Å². The third-order valence-corrected chi connectivity index (χ3v) is 7.79. The highest BCUT2D eigenvalue weighted by Crippen LogP contribution is 2.50. The molecule has 0 aromatic heterocycles. The van der Waals surface area contributed by atoms with Crippen molar-refractivity contribution in [2.75, 3.05) is 20.2 Å². The van der Waals surface area contributed by atoms with Crippen molar-refractivity contribution in [1.82, 2.24) is 4.90 Å². The van der Waals surface area contributed by atoms with E-state index in [2.05, 4.69) is 30.1 Å². The highest BCUT2D eigenvalue weighted by molar-refractivity contribution is 5.47. The lowest BCUT2D eigenvalue weighted by molar-refractivity contribution is 0.0565. The summed E-state index contributed by atoms with van der Waals surface area (Å²) in [4.78, 5) is 2.46. The summed E-state index contributed by atoms with van der Waals surface area (Å²) in [5.74, 6) is 2.63. The number of ether oxygens (including phenoxy) is 2. The number of aliphatic hydroxyl groups excluding tert-OH is 1. The first-order valence-corrected chi connectivity index (χ1v) is 11.5. The molecular formula is C24H35NO3. The molecule has 0 radical (unpaired) electrons. The van der Waals surface area contributed by atoms with Crippen molar-refractivity contribution in [1.29, 1.82) is 0 Å². The molecule has 0 bridgehead atoms. The largest absolute Gasteiger partial charge is 0.489 e. The summed E-state index contributed by atoms with van der Waals surface area (Å²) in [6.45, 7) is 1.93. The minimum Gasteiger partial charge on any atom is -0.489 e. The summed E-state index contributed by atoms with van der Waals surface area (Å²) < 4.78 is 12.7. The van der Waals surface area contributed by atoms with Crippen molar-refractivity contribution >= 4 is 0 Å². The number of hydrogen-bond acceptors (Lipinski definition) is 4. The molecule has 4 nitrogen and oxygen atoms in total. The summed E-state index contributed by atoms with van der Waals surface area (Å²) in [7, 11) is 2.22. The van der Waals surface area contributed by atoms with E-state index < -0.39 is 0 Å². The van der Waals surface area contributed by atoms with Crippen LogP contribution in [0.5, 0.6) is 11.5 Å². The van der Waals surface area contributed by atoms with Gasteiger partial charge in [0.25, 0.3) is 0 Å². The monoisotopic (exact) mass is 385 g/mol. The van der Waals surface area contributed by atoms with Crippen LogP contribution in [0.15, 0.2) is 18.2 Å². The molecule has 3 atom stereocenters. The highest BCUT2D eigenvalue weighted by Gasteiger charge is 2.50. The molecule has 5 rings (SSSR count). The number of likely N-dealkylation sites (tertiary alicyclic amines) is 1. The third-order valence-electron chi connectivity index (χ3n) is 7.79. The number of aliphatic hydroxyl groups is 1. The number of rotatable bonds is 6. The van der Waals surface area contributed by atoms with Crippen LogP contribution in [0.25, 0.3) is 0 Å². The van der Waals surface area contributed by atoms with Gasteiger partial charge in [0.15, 0.2) is 11.5 Å². The standard InChI is InChI=1S/C24H35NO3/c1-25-13-12-24(11-10-19(26)15-23(24)25)18-8-9-21(27-16-17-6-7-17)22(14-18)28-20-4-2-3-5-20/h8-9,14,17,19-20,23,26H,2-7,10-13,15-16H2,1H3/t19-,23-,24-/m0/s1. The van der Waals surface area contributed by atoms with Crippen molar-refractivity contribution in [2.24, 2.45) is 5.92 Å². The van der Waals surface area contributed by atoms with Gasteiger partial charge in [0.1, 0.15) is 0 Å². The Morgan fingerprint density at radius 2 is 1.89 bits per heavy atom. The fraction of sp³-hybridized carbons (Fsp3) is 0.750. The average Bonchev–Trinajstić information content (AvgIpc) is 3.28. The van der Waals surface area contributed by atoms with Gasteiger partial charge < -0.3 is 19.5 Å².